The summed E-state index contributed by atoms with van der Waals surface area (Å²) in [4.78, 5) is 0. The lowest BCUT2D eigenvalue weighted by atomic mass is 9.97. The zero-order valence-electron chi connectivity index (χ0n) is 8.46. The van der Waals surface area contributed by atoms with Crippen molar-refractivity contribution in [2.45, 2.75) is 25.8 Å². The fraction of sp³-hybridized carbons (Fsp3) is 0.333. The summed E-state index contributed by atoms with van der Waals surface area (Å²) in [6.45, 7) is 5.56. The van der Waals surface area contributed by atoms with E-state index in [-0.39, 0.29) is 11.9 Å². The van der Waals surface area contributed by atoms with Gasteiger partial charge < -0.3 is 5.73 Å². The summed E-state index contributed by atoms with van der Waals surface area (Å²) in [5.74, 6) is -0.162. The minimum absolute atomic E-state index is 0.141. The second-order valence-corrected chi connectivity index (χ2v) is 3.29. The second-order valence-electron chi connectivity index (χ2n) is 3.29. The molecule has 0 saturated carbocycles. The molecular formula is C12H16FN. The maximum absolute atomic E-state index is 13.4. The minimum atomic E-state index is -0.162. The molecule has 1 atom stereocenters. The van der Waals surface area contributed by atoms with Gasteiger partial charge in [0.2, 0.25) is 0 Å². The average molecular weight is 193 g/mol. The van der Waals surface area contributed by atoms with Crippen molar-refractivity contribution in [2.75, 3.05) is 0 Å². The molecule has 1 aromatic rings. The first kappa shape index (κ1) is 10.9. The minimum Gasteiger partial charge on any atom is -0.324 e. The first-order valence-corrected chi connectivity index (χ1v) is 4.84. The smallest absolute Gasteiger partial charge is 0.126 e. The fourth-order valence-corrected chi connectivity index (χ4v) is 1.60. The number of halogens is 1. The molecular weight excluding hydrogens is 177 g/mol. The van der Waals surface area contributed by atoms with Crippen LogP contribution in [0.3, 0.4) is 0 Å². The van der Waals surface area contributed by atoms with Crippen LogP contribution in [0, 0.1) is 5.82 Å². The van der Waals surface area contributed by atoms with Crippen molar-refractivity contribution >= 4 is 0 Å². The van der Waals surface area contributed by atoms with E-state index in [1.54, 1.807) is 12.1 Å². The van der Waals surface area contributed by atoms with Crippen molar-refractivity contribution in [2.24, 2.45) is 5.73 Å². The van der Waals surface area contributed by atoms with E-state index in [4.69, 9.17) is 5.73 Å². The van der Waals surface area contributed by atoms with Crippen molar-refractivity contribution in [1.29, 1.82) is 0 Å². The van der Waals surface area contributed by atoms with E-state index in [1.807, 2.05) is 13.0 Å². The Bertz CT molecular complexity index is 320. The third kappa shape index (κ3) is 2.20. The van der Waals surface area contributed by atoms with E-state index in [2.05, 4.69) is 6.58 Å². The summed E-state index contributed by atoms with van der Waals surface area (Å²) >= 11 is 0. The molecule has 0 radical (unpaired) electrons. The van der Waals surface area contributed by atoms with Crippen LogP contribution in [-0.4, -0.2) is 0 Å². The van der Waals surface area contributed by atoms with Gasteiger partial charge in [-0.1, -0.05) is 25.1 Å². The molecule has 0 saturated heterocycles. The van der Waals surface area contributed by atoms with Crippen molar-refractivity contribution in [3.8, 4) is 0 Å². The number of benzene rings is 1. The SMILES string of the molecule is C=CC[C@H](N)c1cccc(F)c1CC. The predicted octanol–water partition coefficient (Wildman–Crippen LogP) is 2.96. The summed E-state index contributed by atoms with van der Waals surface area (Å²) in [5, 5.41) is 0. The molecule has 2 N–H and O–H groups in total. The Hall–Kier alpha value is -1.15. The molecule has 0 spiro atoms. The van der Waals surface area contributed by atoms with E-state index in [0.29, 0.717) is 12.8 Å². The van der Waals surface area contributed by atoms with Crippen molar-refractivity contribution in [3.05, 3.63) is 47.8 Å². The Morgan fingerprint density at radius 1 is 1.57 bits per heavy atom. The first-order valence-electron chi connectivity index (χ1n) is 4.84. The molecule has 0 aliphatic carbocycles. The van der Waals surface area contributed by atoms with Gasteiger partial charge in [-0.05, 0) is 30.0 Å². The van der Waals surface area contributed by atoms with Gasteiger partial charge in [0.25, 0.3) is 0 Å². The molecule has 76 valence electrons. The van der Waals surface area contributed by atoms with Crippen LogP contribution < -0.4 is 5.73 Å². The van der Waals surface area contributed by atoms with Crippen LogP contribution in [0.5, 0.6) is 0 Å². The molecule has 0 fully saturated rings. The first-order chi connectivity index (χ1) is 6.70. The Labute approximate surface area is 84.4 Å². The lowest BCUT2D eigenvalue weighted by molar-refractivity contribution is 0.600. The highest BCUT2D eigenvalue weighted by Crippen LogP contribution is 2.22. The van der Waals surface area contributed by atoms with E-state index in [9.17, 15) is 4.39 Å². The molecule has 14 heavy (non-hydrogen) atoms. The monoisotopic (exact) mass is 193 g/mol. The topological polar surface area (TPSA) is 26.0 Å². The lowest BCUT2D eigenvalue weighted by Gasteiger charge is -2.14. The zero-order chi connectivity index (χ0) is 10.6. The van der Waals surface area contributed by atoms with Crippen molar-refractivity contribution in [3.63, 3.8) is 0 Å². The van der Waals surface area contributed by atoms with E-state index < -0.39 is 0 Å². The summed E-state index contributed by atoms with van der Waals surface area (Å²) in [6.07, 6.45) is 3.11. The molecule has 0 bridgehead atoms. The van der Waals surface area contributed by atoms with Crippen LogP contribution in [0.1, 0.15) is 30.5 Å². The highest BCUT2D eigenvalue weighted by molar-refractivity contribution is 5.31. The van der Waals surface area contributed by atoms with Crippen LogP contribution in [-0.2, 0) is 6.42 Å². The number of rotatable bonds is 4. The highest BCUT2D eigenvalue weighted by Gasteiger charge is 2.11. The molecule has 0 aliphatic rings. The Kier molecular flexibility index (Phi) is 3.84. The summed E-state index contributed by atoms with van der Waals surface area (Å²) in [5.41, 5.74) is 7.53. The number of hydrogen-bond donors (Lipinski definition) is 1. The quantitative estimate of drug-likeness (QED) is 0.731. The third-order valence-corrected chi connectivity index (χ3v) is 2.33. The van der Waals surface area contributed by atoms with Crippen LogP contribution in [0.25, 0.3) is 0 Å². The molecule has 0 aromatic heterocycles. The standard InChI is InChI=1S/C12H16FN/c1-3-6-12(14)10-7-5-8-11(13)9(10)4-2/h3,5,7-8,12H,1,4,6,14H2,2H3/t12-/m0/s1. The van der Waals surface area contributed by atoms with Gasteiger partial charge in [-0.2, -0.15) is 0 Å². The fourth-order valence-electron chi connectivity index (χ4n) is 1.60. The molecule has 0 heterocycles. The van der Waals surface area contributed by atoms with Crippen LogP contribution in [0.15, 0.2) is 30.9 Å². The maximum Gasteiger partial charge on any atom is 0.126 e. The molecule has 0 aliphatic heterocycles. The molecule has 2 heteroatoms. The molecule has 1 aromatic carbocycles. The maximum atomic E-state index is 13.4. The van der Waals surface area contributed by atoms with Gasteiger partial charge in [-0.3, -0.25) is 0 Å². The second kappa shape index (κ2) is 4.91. The number of nitrogens with two attached hydrogens (primary N) is 1. The Balaban J connectivity index is 3.06. The Morgan fingerprint density at radius 2 is 2.29 bits per heavy atom. The predicted molar refractivity (Wildman–Crippen MR) is 57.5 cm³/mol. The molecule has 1 rings (SSSR count). The number of hydrogen-bond acceptors (Lipinski definition) is 1. The van der Waals surface area contributed by atoms with Crippen molar-refractivity contribution in [1.82, 2.24) is 0 Å². The largest absolute Gasteiger partial charge is 0.324 e. The summed E-state index contributed by atoms with van der Waals surface area (Å²) in [7, 11) is 0. The average Bonchev–Trinajstić information content (AvgIpc) is 2.17. The molecule has 0 unspecified atom stereocenters. The van der Waals surface area contributed by atoms with E-state index in [0.717, 1.165) is 11.1 Å². The van der Waals surface area contributed by atoms with Crippen LogP contribution in [0.4, 0.5) is 4.39 Å². The summed E-state index contributed by atoms with van der Waals surface area (Å²) < 4.78 is 13.4. The van der Waals surface area contributed by atoms with Gasteiger partial charge in [0.1, 0.15) is 5.82 Å². The molecule has 1 nitrogen and oxygen atoms in total. The lowest BCUT2D eigenvalue weighted by Crippen LogP contribution is -2.12. The van der Waals surface area contributed by atoms with Gasteiger partial charge in [0.15, 0.2) is 0 Å². The van der Waals surface area contributed by atoms with Gasteiger partial charge in [0.05, 0.1) is 0 Å². The van der Waals surface area contributed by atoms with Crippen LogP contribution in [0.2, 0.25) is 0 Å². The van der Waals surface area contributed by atoms with Gasteiger partial charge in [0, 0.05) is 6.04 Å². The third-order valence-electron chi connectivity index (χ3n) is 2.33. The van der Waals surface area contributed by atoms with E-state index >= 15 is 0 Å². The summed E-state index contributed by atoms with van der Waals surface area (Å²) in [6, 6.07) is 4.92. The Morgan fingerprint density at radius 3 is 2.86 bits per heavy atom. The van der Waals surface area contributed by atoms with Gasteiger partial charge >= 0.3 is 0 Å². The highest BCUT2D eigenvalue weighted by atomic mass is 19.1. The van der Waals surface area contributed by atoms with E-state index in [1.165, 1.54) is 6.07 Å². The molecule has 0 amide bonds. The van der Waals surface area contributed by atoms with Crippen LogP contribution >= 0.6 is 0 Å². The normalized spacial score (nSPS) is 12.5. The van der Waals surface area contributed by atoms with Gasteiger partial charge in [-0.25, -0.2) is 4.39 Å². The van der Waals surface area contributed by atoms with Gasteiger partial charge in [-0.15, -0.1) is 6.58 Å². The zero-order valence-corrected chi connectivity index (χ0v) is 8.46. The van der Waals surface area contributed by atoms with Crippen molar-refractivity contribution < 1.29 is 4.39 Å².